The van der Waals surface area contributed by atoms with Gasteiger partial charge in [0.05, 0.1) is 11.4 Å². The fourth-order valence-corrected chi connectivity index (χ4v) is 3.30. The molecule has 0 saturated carbocycles. The minimum atomic E-state index is -0.394. The number of imide groups is 1. The first-order valence-corrected chi connectivity index (χ1v) is 8.83. The monoisotopic (exact) mass is 367 g/mol. The van der Waals surface area contributed by atoms with Gasteiger partial charge in [-0.3, -0.25) is 19.3 Å². The molecular formula is C20H17NO4S. The Hall–Kier alpha value is -2.86. The first-order chi connectivity index (χ1) is 12.4. The molecule has 0 atom stereocenters. The maximum atomic E-state index is 12.6. The molecule has 1 saturated heterocycles. The molecule has 0 unspecified atom stereocenters. The lowest BCUT2D eigenvalue weighted by Crippen LogP contribution is -2.27. The zero-order valence-corrected chi connectivity index (χ0v) is 15.2. The lowest BCUT2D eigenvalue weighted by Gasteiger charge is -2.12. The molecule has 26 heavy (non-hydrogen) atoms. The third-order valence-corrected chi connectivity index (χ3v) is 4.68. The van der Waals surface area contributed by atoms with Gasteiger partial charge in [0.15, 0.2) is 0 Å². The van der Waals surface area contributed by atoms with Gasteiger partial charge >= 0.3 is 5.97 Å². The van der Waals surface area contributed by atoms with Crippen LogP contribution in [0.4, 0.5) is 4.79 Å². The average molecular weight is 367 g/mol. The van der Waals surface area contributed by atoms with Crippen LogP contribution in [0, 0.1) is 6.92 Å². The van der Waals surface area contributed by atoms with Crippen LogP contribution in [-0.4, -0.2) is 22.0 Å². The number of aryl methyl sites for hydroxylation is 1. The van der Waals surface area contributed by atoms with E-state index in [2.05, 4.69) is 0 Å². The van der Waals surface area contributed by atoms with Crippen molar-refractivity contribution in [1.29, 1.82) is 0 Å². The number of carbonyl (C=O) groups is 3. The number of thioether (sulfide) groups is 1. The summed E-state index contributed by atoms with van der Waals surface area (Å²) in [6.45, 7) is 3.57. The highest BCUT2D eigenvalue weighted by Crippen LogP contribution is 2.33. The molecule has 1 aliphatic rings. The summed E-state index contributed by atoms with van der Waals surface area (Å²) in [6, 6.07) is 14.5. The summed E-state index contributed by atoms with van der Waals surface area (Å²) < 4.78 is 4.98. The Balaban J connectivity index is 1.74. The quantitative estimate of drug-likeness (QED) is 0.461. The largest absolute Gasteiger partial charge is 0.427 e. The van der Waals surface area contributed by atoms with E-state index < -0.39 is 5.97 Å². The number of benzene rings is 2. The van der Waals surface area contributed by atoms with Crippen molar-refractivity contribution >= 4 is 35.0 Å². The van der Waals surface area contributed by atoms with Crippen molar-refractivity contribution in [2.45, 2.75) is 20.4 Å². The third kappa shape index (κ3) is 4.21. The predicted molar refractivity (Wildman–Crippen MR) is 100 cm³/mol. The molecule has 0 aliphatic carbocycles. The average Bonchev–Trinajstić information content (AvgIpc) is 2.85. The molecule has 2 amide bonds. The first-order valence-electron chi connectivity index (χ1n) is 8.02. The van der Waals surface area contributed by atoms with E-state index in [1.54, 1.807) is 30.3 Å². The Morgan fingerprint density at radius 1 is 1.08 bits per heavy atom. The number of esters is 1. The van der Waals surface area contributed by atoms with Crippen molar-refractivity contribution in [2.24, 2.45) is 0 Å². The van der Waals surface area contributed by atoms with Gasteiger partial charge in [0, 0.05) is 6.92 Å². The number of carbonyl (C=O) groups excluding carboxylic acids is 3. The topological polar surface area (TPSA) is 63.7 Å². The maximum Gasteiger partial charge on any atom is 0.308 e. The number of rotatable bonds is 4. The summed E-state index contributed by atoms with van der Waals surface area (Å²) in [5.41, 5.74) is 2.78. The van der Waals surface area contributed by atoms with Gasteiger partial charge in [-0.1, -0.05) is 42.0 Å². The van der Waals surface area contributed by atoms with Gasteiger partial charge in [0.1, 0.15) is 5.75 Å². The smallest absolute Gasteiger partial charge is 0.308 e. The van der Waals surface area contributed by atoms with Gasteiger partial charge < -0.3 is 4.74 Å². The Labute approximate surface area is 155 Å². The van der Waals surface area contributed by atoms with Crippen LogP contribution in [0.2, 0.25) is 0 Å². The second-order valence-electron chi connectivity index (χ2n) is 5.92. The molecule has 3 rings (SSSR count). The van der Waals surface area contributed by atoms with Crippen molar-refractivity contribution in [3.63, 3.8) is 0 Å². The molecule has 0 aromatic heterocycles. The van der Waals surface area contributed by atoms with E-state index in [1.807, 2.05) is 31.2 Å². The van der Waals surface area contributed by atoms with Crippen LogP contribution in [0.3, 0.4) is 0 Å². The Morgan fingerprint density at radius 2 is 1.73 bits per heavy atom. The fourth-order valence-electron chi connectivity index (χ4n) is 2.46. The van der Waals surface area contributed by atoms with Crippen LogP contribution in [0.5, 0.6) is 5.75 Å². The molecule has 1 heterocycles. The number of ether oxygens (including phenoxy) is 1. The molecule has 132 valence electrons. The molecule has 1 fully saturated rings. The van der Waals surface area contributed by atoms with E-state index in [0.29, 0.717) is 10.7 Å². The van der Waals surface area contributed by atoms with E-state index in [9.17, 15) is 14.4 Å². The van der Waals surface area contributed by atoms with Crippen molar-refractivity contribution in [3.8, 4) is 5.75 Å². The van der Waals surface area contributed by atoms with Crippen LogP contribution in [-0.2, 0) is 16.1 Å². The Bertz CT molecular complexity index is 885. The minimum absolute atomic E-state index is 0.258. The lowest BCUT2D eigenvalue weighted by atomic mass is 10.1. The predicted octanol–water partition coefficient (Wildman–Crippen LogP) is 4.16. The zero-order valence-electron chi connectivity index (χ0n) is 14.4. The fraction of sp³-hybridized carbons (Fsp3) is 0.150. The molecule has 0 radical (unpaired) electrons. The number of nitrogens with zero attached hydrogens (tertiary/aromatic N) is 1. The second kappa shape index (κ2) is 7.58. The second-order valence-corrected chi connectivity index (χ2v) is 6.91. The SMILES string of the molecule is CC(=O)Oc1ccc(/C=C2\SC(=O)N(Cc3ccc(C)cc3)C2=O)cc1. The van der Waals surface area contributed by atoms with Crippen LogP contribution in [0.25, 0.3) is 6.08 Å². The van der Waals surface area contributed by atoms with Gasteiger partial charge in [-0.05, 0) is 48.0 Å². The molecule has 0 N–H and O–H groups in total. The number of hydrogen-bond donors (Lipinski definition) is 0. The summed E-state index contributed by atoms with van der Waals surface area (Å²) in [6.07, 6.45) is 1.66. The summed E-state index contributed by atoms with van der Waals surface area (Å²) in [7, 11) is 0. The highest BCUT2D eigenvalue weighted by atomic mass is 32.2. The van der Waals surface area contributed by atoms with Crippen molar-refractivity contribution in [1.82, 2.24) is 4.90 Å². The highest BCUT2D eigenvalue weighted by molar-refractivity contribution is 8.18. The van der Waals surface area contributed by atoms with E-state index in [4.69, 9.17) is 4.74 Å². The standard InChI is InChI=1S/C20H17NO4S/c1-13-3-5-16(6-4-13)12-21-19(23)18(26-20(21)24)11-15-7-9-17(10-8-15)25-14(2)22/h3-11H,12H2,1-2H3/b18-11-. The minimum Gasteiger partial charge on any atom is -0.427 e. The van der Waals surface area contributed by atoms with Crippen LogP contribution in [0.15, 0.2) is 53.4 Å². The first kappa shape index (κ1) is 17.9. The third-order valence-electron chi connectivity index (χ3n) is 3.77. The van der Waals surface area contributed by atoms with Crippen molar-refractivity contribution < 1.29 is 19.1 Å². The maximum absolute atomic E-state index is 12.6. The molecule has 0 bridgehead atoms. The summed E-state index contributed by atoms with van der Waals surface area (Å²) in [4.78, 5) is 37.3. The van der Waals surface area contributed by atoms with Crippen molar-refractivity contribution in [2.75, 3.05) is 0 Å². The zero-order chi connectivity index (χ0) is 18.7. The number of amides is 2. The highest BCUT2D eigenvalue weighted by Gasteiger charge is 2.34. The van der Waals surface area contributed by atoms with E-state index in [1.165, 1.54) is 11.8 Å². The molecule has 6 heteroatoms. The normalized spacial score (nSPS) is 15.6. The van der Waals surface area contributed by atoms with E-state index >= 15 is 0 Å². The van der Waals surface area contributed by atoms with Crippen LogP contribution in [0.1, 0.15) is 23.6 Å². The van der Waals surface area contributed by atoms with E-state index in [-0.39, 0.29) is 17.7 Å². The Kier molecular flexibility index (Phi) is 5.23. The molecule has 2 aromatic carbocycles. The van der Waals surface area contributed by atoms with E-state index in [0.717, 1.165) is 28.5 Å². The van der Waals surface area contributed by atoms with Crippen molar-refractivity contribution in [3.05, 3.63) is 70.1 Å². The van der Waals surface area contributed by atoms with Gasteiger partial charge in [-0.15, -0.1) is 0 Å². The van der Waals surface area contributed by atoms with Gasteiger partial charge in [0.2, 0.25) is 0 Å². The van der Waals surface area contributed by atoms with Crippen LogP contribution < -0.4 is 4.74 Å². The molecule has 2 aromatic rings. The lowest BCUT2D eigenvalue weighted by molar-refractivity contribution is -0.131. The number of hydrogen-bond acceptors (Lipinski definition) is 5. The molecular weight excluding hydrogens is 350 g/mol. The van der Waals surface area contributed by atoms with Gasteiger partial charge in [0.25, 0.3) is 11.1 Å². The Morgan fingerprint density at radius 3 is 2.35 bits per heavy atom. The summed E-state index contributed by atoms with van der Waals surface area (Å²) in [5, 5.41) is -0.279. The summed E-state index contributed by atoms with van der Waals surface area (Å²) in [5.74, 6) is -0.262. The molecule has 0 spiro atoms. The van der Waals surface area contributed by atoms with Gasteiger partial charge in [-0.2, -0.15) is 0 Å². The van der Waals surface area contributed by atoms with Gasteiger partial charge in [-0.25, -0.2) is 0 Å². The molecule has 5 nitrogen and oxygen atoms in total. The summed E-state index contributed by atoms with van der Waals surface area (Å²) >= 11 is 0.927. The molecule has 1 aliphatic heterocycles. The van der Waals surface area contributed by atoms with Crippen LogP contribution >= 0.6 is 11.8 Å².